The van der Waals surface area contributed by atoms with Gasteiger partial charge in [0.25, 0.3) is 0 Å². The predicted octanol–water partition coefficient (Wildman–Crippen LogP) is 2.83. The number of aliphatic hydroxyl groups excluding tert-OH is 1. The molecule has 0 rings (SSSR count). The second kappa shape index (κ2) is 4.10. The highest BCUT2D eigenvalue weighted by Crippen LogP contribution is 2.29. The lowest BCUT2D eigenvalue weighted by Crippen LogP contribution is -2.29. The van der Waals surface area contributed by atoms with E-state index in [4.69, 9.17) is 0 Å². The van der Waals surface area contributed by atoms with Gasteiger partial charge in [-0.2, -0.15) is 0 Å². The summed E-state index contributed by atoms with van der Waals surface area (Å²) in [6.45, 7) is 10.8. The van der Waals surface area contributed by atoms with Crippen LogP contribution in [0.4, 0.5) is 0 Å². The summed E-state index contributed by atoms with van der Waals surface area (Å²) in [7, 11) is 0. The minimum absolute atomic E-state index is 0.125. The van der Waals surface area contributed by atoms with Gasteiger partial charge in [-0.05, 0) is 17.8 Å². The summed E-state index contributed by atoms with van der Waals surface area (Å²) in [5.41, 5.74) is 0.231. The van der Waals surface area contributed by atoms with E-state index in [-0.39, 0.29) is 11.5 Å². The molecule has 0 aromatic heterocycles. The SMILES string of the molecule is CCCC(O)C(C)C(C)(C)C. The lowest BCUT2D eigenvalue weighted by molar-refractivity contribution is 0.0474. The molecule has 11 heavy (non-hydrogen) atoms. The molecule has 0 spiro atoms. The first-order chi connectivity index (χ1) is 4.89. The first kappa shape index (κ1) is 11.0. The molecular weight excluding hydrogens is 136 g/mol. The molecule has 1 nitrogen and oxygen atoms in total. The number of hydrogen-bond donors (Lipinski definition) is 1. The fourth-order valence-corrected chi connectivity index (χ4v) is 1.12. The molecule has 0 saturated heterocycles. The van der Waals surface area contributed by atoms with Crippen LogP contribution >= 0.6 is 0 Å². The zero-order valence-corrected chi connectivity index (χ0v) is 8.52. The van der Waals surface area contributed by atoms with Gasteiger partial charge in [-0.1, -0.05) is 41.0 Å². The van der Waals surface area contributed by atoms with Gasteiger partial charge in [0.2, 0.25) is 0 Å². The molecule has 0 aromatic rings. The minimum atomic E-state index is -0.125. The number of hydrogen-bond acceptors (Lipinski definition) is 1. The van der Waals surface area contributed by atoms with Gasteiger partial charge < -0.3 is 5.11 Å². The maximum atomic E-state index is 9.65. The highest BCUT2D eigenvalue weighted by atomic mass is 16.3. The molecule has 2 atom stereocenters. The van der Waals surface area contributed by atoms with E-state index < -0.39 is 0 Å². The van der Waals surface area contributed by atoms with Gasteiger partial charge in [0.1, 0.15) is 0 Å². The van der Waals surface area contributed by atoms with Gasteiger partial charge in [-0.3, -0.25) is 0 Å². The van der Waals surface area contributed by atoms with Crippen molar-refractivity contribution in [3.05, 3.63) is 0 Å². The Bertz CT molecular complexity index is 102. The number of rotatable bonds is 3. The van der Waals surface area contributed by atoms with Crippen LogP contribution < -0.4 is 0 Å². The molecule has 0 aliphatic carbocycles. The predicted molar refractivity (Wildman–Crippen MR) is 49.5 cm³/mol. The molecule has 1 N–H and O–H groups in total. The Labute approximate surface area is 70.8 Å². The maximum absolute atomic E-state index is 9.65. The van der Waals surface area contributed by atoms with Crippen LogP contribution in [0.25, 0.3) is 0 Å². The summed E-state index contributed by atoms with van der Waals surface area (Å²) in [5, 5.41) is 9.65. The molecular formula is C10H22O. The van der Waals surface area contributed by atoms with E-state index in [9.17, 15) is 5.11 Å². The Morgan fingerprint density at radius 1 is 1.27 bits per heavy atom. The molecule has 0 heterocycles. The Hall–Kier alpha value is -0.0400. The zero-order chi connectivity index (χ0) is 9.07. The molecule has 2 unspecified atom stereocenters. The average Bonchev–Trinajstić information content (AvgIpc) is 1.85. The van der Waals surface area contributed by atoms with E-state index in [2.05, 4.69) is 34.6 Å². The van der Waals surface area contributed by atoms with Crippen LogP contribution in [0.2, 0.25) is 0 Å². The van der Waals surface area contributed by atoms with Gasteiger partial charge in [-0.15, -0.1) is 0 Å². The minimum Gasteiger partial charge on any atom is -0.393 e. The van der Waals surface area contributed by atoms with Crippen molar-refractivity contribution in [2.75, 3.05) is 0 Å². The Morgan fingerprint density at radius 3 is 2.00 bits per heavy atom. The summed E-state index contributed by atoms with van der Waals surface area (Å²) in [4.78, 5) is 0. The highest BCUT2D eigenvalue weighted by molar-refractivity contribution is 4.75. The maximum Gasteiger partial charge on any atom is 0.0570 e. The molecule has 0 aliphatic rings. The lowest BCUT2D eigenvalue weighted by atomic mass is 9.77. The topological polar surface area (TPSA) is 20.2 Å². The normalized spacial score (nSPS) is 18.0. The van der Waals surface area contributed by atoms with Crippen LogP contribution in [0.15, 0.2) is 0 Å². The van der Waals surface area contributed by atoms with Crippen LogP contribution in [-0.2, 0) is 0 Å². The van der Waals surface area contributed by atoms with E-state index in [1.165, 1.54) is 0 Å². The first-order valence-corrected chi connectivity index (χ1v) is 4.57. The van der Waals surface area contributed by atoms with Crippen LogP contribution in [0.5, 0.6) is 0 Å². The summed E-state index contributed by atoms with van der Waals surface area (Å²) >= 11 is 0. The van der Waals surface area contributed by atoms with Crippen LogP contribution in [0, 0.1) is 11.3 Å². The van der Waals surface area contributed by atoms with Crippen LogP contribution in [0.1, 0.15) is 47.5 Å². The summed E-state index contributed by atoms with van der Waals surface area (Å²) in [6, 6.07) is 0. The fourth-order valence-electron chi connectivity index (χ4n) is 1.12. The molecule has 0 aromatic carbocycles. The number of aliphatic hydroxyl groups is 1. The molecule has 68 valence electrons. The summed E-state index contributed by atoms with van der Waals surface area (Å²) < 4.78 is 0. The van der Waals surface area contributed by atoms with Crippen molar-refractivity contribution < 1.29 is 5.11 Å². The Balaban J connectivity index is 3.91. The lowest BCUT2D eigenvalue weighted by Gasteiger charge is -2.31. The van der Waals surface area contributed by atoms with E-state index in [0.29, 0.717) is 5.92 Å². The second-order valence-corrected chi connectivity index (χ2v) is 4.51. The molecule has 0 amide bonds. The summed E-state index contributed by atoms with van der Waals surface area (Å²) in [6.07, 6.45) is 1.88. The smallest absolute Gasteiger partial charge is 0.0570 e. The highest BCUT2D eigenvalue weighted by Gasteiger charge is 2.25. The average molecular weight is 158 g/mol. The standard InChI is InChI=1S/C10H22O/c1-6-7-9(11)8(2)10(3,4)5/h8-9,11H,6-7H2,1-5H3. The first-order valence-electron chi connectivity index (χ1n) is 4.57. The fraction of sp³-hybridized carbons (Fsp3) is 1.00. The van der Waals surface area contributed by atoms with E-state index >= 15 is 0 Å². The molecule has 0 aliphatic heterocycles. The quantitative estimate of drug-likeness (QED) is 0.669. The van der Waals surface area contributed by atoms with Crippen molar-refractivity contribution >= 4 is 0 Å². The van der Waals surface area contributed by atoms with Crippen molar-refractivity contribution in [1.82, 2.24) is 0 Å². The largest absolute Gasteiger partial charge is 0.393 e. The third-order valence-electron chi connectivity index (χ3n) is 2.53. The van der Waals surface area contributed by atoms with Crippen LogP contribution in [0.3, 0.4) is 0 Å². The zero-order valence-electron chi connectivity index (χ0n) is 8.52. The van der Waals surface area contributed by atoms with Crippen molar-refractivity contribution in [1.29, 1.82) is 0 Å². The second-order valence-electron chi connectivity index (χ2n) is 4.51. The van der Waals surface area contributed by atoms with E-state index in [1.807, 2.05) is 0 Å². The van der Waals surface area contributed by atoms with E-state index in [1.54, 1.807) is 0 Å². The van der Waals surface area contributed by atoms with Crippen molar-refractivity contribution in [2.24, 2.45) is 11.3 Å². The third kappa shape index (κ3) is 3.76. The third-order valence-corrected chi connectivity index (χ3v) is 2.53. The van der Waals surface area contributed by atoms with Crippen molar-refractivity contribution in [2.45, 2.75) is 53.6 Å². The van der Waals surface area contributed by atoms with Gasteiger partial charge in [0.05, 0.1) is 6.10 Å². The van der Waals surface area contributed by atoms with Crippen LogP contribution in [-0.4, -0.2) is 11.2 Å². The van der Waals surface area contributed by atoms with Crippen molar-refractivity contribution in [3.8, 4) is 0 Å². The molecule has 1 heteroatoms. The van der Waals surface area contributed by atoms with Gasteiger partial charge in [0.15, 0.2) is 0 Å². The monoisotopic (exact) mass is 158 g/mol. The van der Waals surface area contributed by atoms with Gasteiger partial charge in [-0.25, -0.2) is 0 Å². The van der Waals surface area contributed by atoms with Gasteiger partial charge >= 0.3 is 0 Å². The van der Waals surface area contributed by atoms with Gasteiger partial charge in [0, 0.05) is 0 Å². The molecule has 0 radical (unpaired) electrons. The Kier molecular flexibility index (Phi) is 4.09. The molecule has 0 bridgehead atoms. The summed E-state index contributed by atoms with van der Waals surface area (Å²) in [5.74, 6) is 0.391. The van der Waals surface area contributed by atoms with E-state index in [0.717, 1.165) is 12.8 Å². The molecule has 0 fully saturated rings. The Morgan fingerprint density at radius 2 is 1.73 bits per heavy atom. The van der Waals surface area contributed by atoms with Crippen molar-refractivity contribution in [3.63, 3.8) is 0 Å². The molecule has 0 saturated carbocycles.